The van der Waals surface area contributed by atoms with Crippen molar-refractivity contribution in [1.82, 2.24) is 4.98 Å². The molecule has 5 nitrogen and oxygen atoms in total. The summed E-state index contributed by atoms with van der Waals surface area (Å²) in [6.07, 6.45) is 0. The van der Waals surface area contributed by atoms with Gasteiger partial charge in [0, 0.05) is 15.8 Å². The van der Waals surface area contributed by atoms with E-state index in [0.29, 0.717) is 10.0 Å². The first-order chi connectivity index (χ1) is 11.6. The Morgan fingerprint density at radius 3 is 2.83 bits per heavy atom. The van der Waals surface area contributed by atoms with Crippen molar-refractivity contribution in [1.29, 1.82) is 0 Å². The fourth-order valence-electron chi connectivity index (χ4n) is 2.36. The molecule has 1 aromatic carbocycles. The zero-order valence-corrected chi connectivity index (χ0v) is 14.7. The van der Waals surface area contributed by atoms with Gasteiger partial charge in [-0.2, -0.15) is 0 Å². The summed E-state index contributed by atoms with van der Waals surface area (Å²) >= 11 is 2.89. The van der Waals surface area contributed by atoms with E-state index >= 15 is 0 Å². The molecule has 122 valence electrons. The molecule has 0 saturated heterocycles. The molecule has 0 aliphatic carbocycles. The summed E-state index contributed by atoms with van der Waals surface area (Å²) < 4.78 is 10.7. The molecule has 0 radical (unpaired) electrons. The first-order valence-electron chi connectivity index (χ1n) is 7.34. The number of hydrogen-bond acceptors (Lipinski definition) is 6. The van der Waals surface area contributed by atoms with E-state index in [1.165, 1.54) is 22.7 Å². The Hall–Kier alpha value is -2.38. The van der Waals surface area contributed by atoms with Crippen molar-refractivity contribution in [2.45, 2.75) is 13.8 Å². The number of anilines is 1. The summed E-state index contributed by atoms with van der Waals surface area (Å²) in [6.45, 7) is 4.26. The number of rotatable bonds is 3. The minimum Gasteiger partial charge on any atom is -0.454 e. The lowest BCUT2D eigenvalue weighted by atomic mass is 10.1. The zero-order chi connectivity index (χ0) is 16.7. The number of benzene rings is 1. The SMILES string of the molecule is Cc1cc(C(=O)Nc2nc(-c3ccc4c(c3)OCO4)cs2)sc1C. The number of ether oxygens (including phenoxy) is 2. The summed E-state index contributed by atoms with van der Waals surface area (Å²) in [4.78, 5) is 18.7. The van der Waals surface area contributed by atoms with Crippen LogP contribution in [0.25, 0.3) is 11.3 Å². The van der Waals surface area contributed by atoms with Crippen molar-refractivity contribution in [3.8, 4) is 22.8 Å². The molecule has 1 amide bonds. The third-order valence-electron chi connectivity index (χ3n) is 3.78. The van der Waals surface area contributed by atoms with Crippen LogP contribution in [-0.2, 0) is 0 Å². The summed E-state index contributed by atoms with van der Waals surface area (Å²) in [7, 11) is 0. The second-order valence-electron chi connectivity index (χ2n) is 5.41. The molecule has 1 aliphatic rings. The highest BCUT2D eigenvalue weighted by atomic mass is 32.1. The van der Waals surface area contributed by atoms with Crippen molar-refractivity contribution < 1.29 is 14.3 Å². The number of fused-ring (bicyclic) bond motifs is 1. The molecule has 0 fully saturated rings. The maximum Gasteiger partial charge on any atom is 0.267 e. The van der Waals surface area contributed by atoms with Crippen molar-refractivity contribution in [3.63, 3.8) is 0 Å². The van der Waals surface area contributed by atoms with E-state index in [9.17, 15) is 4.79 Å². The molecule has 2 aromatic heterocycles. The molecule has 0 atom stereocenters. The number of aromatic nitrogens is 1. The fraction of sp³-hybridized carbons (Fsp3) is 0.176. The Kier molecular flexibility index (Phi) is 3.74. The van der Waals surface area contributed by atoms with Gasteiger partial charge < -0.3 is 9.47 Å². The fourth-order valence-corrected chi connectivity index (χ4v) is 4.01. The molecule has 4 rings (SSSR count). The number of nitrogens with one attached hydrogen (secondary N) is 1. The average molecular weight is 358 g/mol. The summed E-state index contributed by atoms with van der Waals surface area (Å²) in [5.41, 5.74) is 2.86. The first-order valence-corrected chi connectivity index (χ1v) is 9.04. The summed E-state index contributed by atoms with van der Waals surface area (Å²) in [5, 5.41) is 5.36. The molecular weight excluding hydrogens is 344 g/mol. The number of hydrogen-bond donors (Lipinski definition) is 1. The van der Waals surface area contributed by atoms with Gasteiger partial charge in [-0.3, -0.25) is 10.1 Å². The number of thiophene rings is 1. The topological polar surface area (TPSA) is 60.5 Å². The van der Waals surface area contributed by atoms with Gasteiger partial charge in [0.15, 0.2) is 16.6 Å². The van der Waals surface area contributed by atoms with E-state index in [1.54, 1.807) is 0 Å². The Labute approximate surface area is 146 Å². The van der Waals surface area contributed by atoms with Gasteiger partial charge in [0.05, 0.1) is 10.6 Å². The lowest BCUT2D eigenvalue weighted by molar-refractivity contribution is 0.103. The second kappa shape index (κ2) is 5.92. The summed E-state index contributed by atoms with van der Waals surface area (Å²) in [5.74, 6) is 1.34. The number of carbonyl (C=O) groups excluding carboxylic acids is 1. The van der Waals surface area contributed by atoms with E-state index in [2.05, 4.69) is 10.3 Å². The van der Waals surface area contributed by atoms with Crippen molar-refractivity contribution >= 4 is 33.7 Å². The minimum atomic E-state index is -0.122. The number of amides is 1. The Morgan fingerprint density at radius 1 is 1.21 bits per heavy atom. The van der Waals surface area contributed by atoms with E-state index in [0.717, 1.165) is 33.2 Å². The third kappa shape index (κ3) is 2.76. The molecule has 1 aliphatic heterocycles. The maximum atomic E-state index is 12.3. The van der Waals surface area contributed by atoms with Crippen molar-refractivity contribution in [2.24, 2.45) is 0 Å². The quantitative estimate of drug-likeness (QED) is 0.750. The van der Waals surface area contributed by atoms with Crippen LogP contribution in [0.4, 0.5) is 5.13 Å². The number of thiazole rings is 1. The molecule has 0 saturated carbocycles. The van der Waals surface area contributed by atoms with E-state index in [1.807, 2.05) is 43.5 Å². The van der Waals surface area contributed by atoms with Crippen LogP contribution in [0.1, 0.15) is 20.1 Å². The van der Waals surface area contributed by atoms with Gasteiger partial charge in [-0.25, -0.2) is 4.98 Å². The maximum absolute atomic E-state index is 12.3. The highest BCUT2D eigenvalue weighted by Crippen LogP contribution is 2.36. The zero-order valence-electron chi connectivity index (χ0n) is 13.1. The Balaban J connectivity index is 1.53. The van der Waals surface area contributed by atoms with Gasteiger partial charge in [0.1, 0.15) is 0 Å². The first kappa shape index (κ1) is 15.2. The normalized spacial score (nSPS) is 12.4. The molecule has 0 bridgehead atoms. The van der Waals surface area contributed by atoms with Crippen LogP contribution in [-0.4, -0.2) is 17.7 Å². The molecule has 0 unspecified atom stereocenters. The van der Waals surface area contributed by atoms with Crippen LogP contribution < -0.4 is 14.8 Å². The number of aryl methyl sites for hydroxylation is 2. The molecule has 3 heterocycles. The second-order valence-corrected chi connectivity index (χ2v) is 7.52. The molecule has 0 spiro atoms. The smallest absolute Gasteiger partial charge is 0.267 e. The predicted octanol–water partition coefficient (Wildman–Crippen LogP) is 4.47. The van der Waals surface area contributed by atoms with Crippen LogP contribution >= 0.6 is 22.7 Å². The molecular formula is C17H14N2O3S2. The molecule has 3 aromatic rings. The lowest BCUT2D eigenvalue weighted by Gasteiger charge is -2.00. The third-order valence-corrected chi connectivity index (χ3v) is 5.69. The molecule has 7 heteroatoms. The van der Waals surface area contributed by atoms with Crippen LogP contribution in [0.5, 0.6) is 11.5 Å². The van der Waals surface area contributed by atoms with Crippen LogP contribution in [0.15, 0.2) is 29.6 Å². The number of carbonyl (C=O) groups is 1. The Morgan fingerprint density at radius 2 is 2.04 bits per heavy atom. The van der Waals surface area contributed by atoms with Crippen molar-refractivity contribution in [2.75, 3.05) is 12.1 Å². The Bertz CT molecular complexity index is 910. The number of nitrogens with zero attached hydrogens (tertiary/aromatic N) is 1. The highest BCUT2D eigenvalue weighted by molar-refractivity contribution is 7.15. The minimum absolute atomic E-state index is 0.122. The van der Waals surface area contributed by atoms with Gasteiger partial charge in [-0.1, -0.05) is 0 Å². The van der Waals surface area contributed by atoms with Crippen LogP contribution in [0.3, 0.4) is 0 Å². The molecule has 24 heavy (non-hydrogen) atoms. The van der Waals surface area contributed by atoms with E-state index < -0.39 is 0 Å². The lowest BCUT2D eigenvalue weighted by Crippen LogP contribution is -2.09. The van der Waals surface area contributed by atoms with E-state index in [-0.39, 0.29) is 12.7 Å². The van der Waals surface area contributed by atoms with Gasteiger partial charge in [0.25, 0.3) is 5.91 Å². The largest absolute Gasteiger partial charge is 0.454 e. The highest BCUT2D eigenvalue weighted by Gasteiger charge is 2.16. The van der Waals surface area contributed by atoms with Crippen LogP contribution in [0.2, 0.25) is 0 Å². The monoisotopic (exact) mass is 358 g/mol. The average Bonchev–Trinajstić information content (AvgIpc) is 3.27. The van der Waals surface area contributed by atoms with Gasteiger partial charge in [0.2, 0.25) is 6.79 Å². The van der Waals surface area contributed by atoms with Crippen LogP contribution in [0, 0.1) is 13.8 Å². The van der Waals surface area contributed by atoms with E-state index in [4.69, 9.17) is 9.47 Å². The van der Waals surface area contributed by atoms with Gasteiger partial charge in [-0.05, 0) is 43.7 Å². The molecule has 1 N–H and O–H groups in total. The summed E-state index contributed by atoms with van der Waals surface area (Å²) in [6, 6.07) is 7.60. The van der Waals surface area contributed by atoms with Gasteiger partial charge >= 0.3 is 0 Å². The standard InChI is InChI=1S/C17H14N2O3S2/c1-9-5-15(24-10(9)2)16(20)19-17-18-12(7-23-17)11-3-4-13-14(6-11)22-8-21-13/h3-7H,8H2,1-2H3,(H,18,19,20). The van der Waals surface area contributed by atoms with Gasteiger partial charge in [-0.15, -0.1) is 22.7 Å². The van der Waals surface area contributed by atoms with Crippen molar-refractivity contribution in [3.05, 3.63) is 45.0 Å². The predicted molar refractivity (Wildman–Crippen MR) is 95.4 cm³/mol.